The van der Waals surface area contributed by atoms with Crippen LogP contribution < -0.4 is 4.74 Å². The van der Waals surface area contributed by atoms with E-state index in [1.54, 1.807) is 18.2 Å². The predicted molar refractivity (Wildman–Crippen MR) is 82.1 cm³/mol. The normalized spacial score (nSPS) is 11.4. The summed E-state index contributed by atoms with van der Waals surface area (Å²) in [5.41, 5.74) is 2.07. The molecule has 4 nitrogen and oxygen atoms in total. The summed E-state index contributed by atoms with van der Waals surface area (Å²) < 4.78 is 5.64. The molecular formula is C17H19NO3. The Morgan fingerprint density at radius 3 is 2.52 bits per heavy atom. The zero-order valence-corrected chi connectivity index (χ0v) is 12.0. The standard InChI is InChI=1S/C17H19NO3/c1-2-6-16(18-20)15-10-9-14(11-17(15)19)21-12-13-7-4-3-5-8-13/h3-5,7-11,19-20H,2,6,12H2,1H3/b18-16+. The first-order chi connectivity index (χ1) is 10.2. The molecule has 0 aromatic heterocycles. The smallest absolute Gasteiger partial charge is 0.128 e. The topological polar surface area (TPSA) is 62.1 Å². The zero-order valence-electron chi connectivity index (χ0n) is 12.0. The van der Waals surface area contributed by atoms with Crippen LogP contribution in [0.4, 0.5) is 0 Å². The van der Waals surface area contributed by atoms with Gasteiger partial charge in [0.05, 0.1) is 5.71 Å². The minimum Gasteiger partial charge on any atom is -0.507 e. The molecule has 0 atom stereocenters. The first-order valence-corrected chi connectivity index (χ1v) is 6.95. The molecule has 2 aromatic carbocycles. The van der Waals surface area contributed by atoms with Crippen molar-refractivity contribution < 1.29 is 15.1 Å². The molecule has 2 aromatic rings. The number of hydrogen-bond donors (Lipinski definition) is 2. The second-order valence-electron chi connectivity index (χ2n) is 4.75. The van der Waals surface area contributed by atoms with Gasteiger partial charge in [0.15, 0.2) is 0 Å². The third-order valence-corrected chi connectivity index (χ3v) is 3.14. The number of ether oxygens (including phenoxy) is 1. The van der Waals surface area contributed by atoms with Crippen LogP contribution in [-0.2, 0) is 6.61 Å². The van der Waals surface area contributed by atoms with E-state index in [9.17, 15) is 5.11 Å². The first-order valence-electron chi connectivity index (χ1n) is 6.95. The van der Waals surface area contributed by atoms with Gasteiger partial charge in [-0.25, -0.2) is 0 Å². The molecule has 0 saturated heterocycles. The minimum absolute atomic E-state index is 0.0572. The lowest BCUT2D eigenvalue weighted by atomic mass is 10.0. The molecule has 4 heteroatoms. The molecule has 0 fully saturated rings. The summed E-state index contributed by atoms with van der Waals surface area (Å²) in [5, 5.41) is 22.3. The first kappa shape index (κ1) is 14.9. The summed E-state index contributed by atoms with van der Waals surface area (Å²) in [7, 11) is 0. The van der Waals surface area contributed by atoms with Gasteiger partial charge in [0.25, 0.3) is 0 Å². The van der Waals surface area contributed by atoms with E-state index >= 15 is 0 Å². The Balaban J connectivity index is 2.08. The van der Waals surface area contributed by atoms with E-state index < -0.39 is 0 Å². The van der Waals surface area contributed by atoms with Crippen molar-refractivity contribution in [3.05, 3.63) is 59.7 Å². The number of rotatable bonds is 6. The molecule has 0 radical (unpaired) electrons. The Hall–Kier alpha value is -2.49. The third-order valence-electron chi connectivity index (χ3n) is 3.14. The van der Waals surface area contributed by atoms with Gasteiger partial charge in [-0.15, -0.1) is 0 Å². The van der Waals surface area contributed by atoms with Crippen molar-refractivity contribution in [3.8, 4) is 11.5 Å². The molecule has 0 saturated carbocycles. The van der Waals surface area contributed by atoms with Crippen LogP contribution in [0.25, 0.3) is 0 Å². The van der Waals surface area contributed by atoms with Crippen LogP contribution in [0, 0.1) is 0 Å². The van der Waals surface area contributed by atoms with Gasteiger partial charge < -0.3 is 15.1 Å². The number of benzene rings is 2. The number of aromatic hydroxyl groups is 1. The highest BCUT2D eigenvalue weighted by Gasteiger charge is 2.10. The maximum atomic E-state index is 10.0. The molecule has 0 heterocycles. The van der Waals surface area contributed by atoms with Gasteiger partial charge in [0, 0.05) is 11.6 Å². The second-order valence-corrected chi connectivity index (χ2v) is 4.75. The number of nitrogens with zero attached hydrogens (tertiary/aromatic N) is 1. The molecule has 0 aliphatic rings. The fourth-order valence-corrected chi connectivity index (χ4v) is 2.06. The Bertz CT molecular complexity index is 609. The molecule has 0 unspecified atom stereocenters. The number of hydrogen-bond acceptors (Lipinski definition) is 4. The maximum absolute atomic E-state index is 10.0. The minimum atomic E-state index is 0.0572. The number of phenolic OH excluding ortho intramolecular Hbond substituents is 1. The summed E-state index contributed by atoms with van der Waals surface area (Å²) in [5.74, 6) is 0.635. The van der Waals surface area contributed by atoms with Gasteiger partial charge in [-0.05, 0) is 24.1 Å². The van der Waals surface area contributed by atoms with Crippen LogP contribution in [0.15, 0.2) is 53.7 Å². The van der Waals surface area contributed by atoms with E-state index in [1.807, 2.05) is 37.3 Å². The predicted octanol–water partition coefficient (Wildman–Crippen LogP) is 3.95. The molecular weight excluding hydrogens is 266 g/mol. The van der Waals surface area contributed by atoms with Crippen LogP contribution in [0.3, 0.4) is 0 Å². The number of oxime groups is 1. The van der Waals surface area contributed by atoms with Crippen molar-refractivity contribution in [3.63, 3.8) is 0 Å². The van der Waals surface area contributed by atoms with Crippen molar-refractivity contribution in [2.45, 2.75) is 26.4 Å². The lowest BCUT2D eigenvalue weighted by Gasteiger charge is -2.10. The van der Waals surface area contributed by atoms with Gasteiger partial charge in [0.2, 0.25) is 0 Å². The van der Waals surface area contributed by atoms with Gasteiger partial charge >= 0.3 is 0 Å². The van der Waals surface area contributed by atoms with Crippen LogP contribution in [0.5, 0.6) is 11.5 Å². The Labute approximate surface area is 124 Å². The monoisotopic (exact) mass is 285 g/mol. The fourth-order valence-electron chi connectivity index (χ4n) is 2.06. The largest absolute Gasteiger partial charge is 0.507 e. The second kappa shape index (κ2) is 7.33. The van der Waals surface area contributed by atoms with E-state index in [0.29, 0.717) is 30.1 Å². The van der Waals surface area contributed by atoms with E-state index in [4.69, 9.17) is 9.94 Å². The summed E-state index contributed by atoms with van der Waals surface area (Å²) in [4.78, 5) is 0. The van der Waals surface area contributed by atoms with Gasteiger partial charge in [0.1, 0.15) is 18.1 Å². The highest BCUT2D eigenvalue weighted by molar-refractivity contribution is 6.02. The Morgan fingerprint density at radius 1 is 1.14 bits per heavy atom. The molecule has 21 heavy (non-hydrogen) atoms. The quantitative estimate of drug-likeness (QED) is 0.480. The highest BCUT2D eigenvalue weighted by Crippen LogP contribution is 2.26. The maximum Gasteiger partial charge on any atom is 0.128 e. The Kier molecular flexibility index (Phi) is 5.21. The average Bonchev–Trinajstić information content (AvgIpc) is 2.52. The fraction of sp³-hybridized carbons (Fsp3) is 0.235. The van der Waals surface area contributed by atoms with Gasteiger partial charge in [-0.2, -0.15) is 0 Å². The van der Waals surface area contributed by atoms with E-state index in [-0.39, 0.29) is 5.75 Å². The lowest BCUT2D eigenvalue weighted by molar-refractivity contribution is 0.304. The summed E-state index contributed by atoms with van der Waals surface area (Å²) in [6, 6.07) is 14.8. The van der Waals surface area contributed by atoms with Crippen molar-refractivity contribution in [2.24, 2.45) is 5.16 Å². The van der Waals surface area contributed by atoms with E-state index in [2.05, 4.69) is 5.16 Å². The molecule has 0 amide bonds. The van der Waals surface area contributed by atoms with Crippen LogP contribution in [-0.4, -0.2) is 16.0 Å². The van der Waals surface area contributed by atoms with Gasteiger partial charge in [-0.3, -0.25) is 0 Å². The average molecular weight is 285 g/mol. The highest BCUT2D eigenvalue weighted by atomic mass is 16.5. The summed E-state index contributed by atoms with van der Waals surface area (Å²) >= 11 is 0. The number of phenols is 1. The molecule has 0 spiro atoms. The SMILES string of the molecule is CCC/C(=N\O)c1ccc(OCc2ccccc2)cc1O. The van der Waals surface area contributed by atoms with Gasteiger partial charge in [-0.1, -0.05) is 48.8 Å². The molecule has 0 aliphatic heterocycles. The van der Waals surface area contributed by atoms with Crippen molar-refractivity contribution in [1.29, 1.82) is 0 Å². The summed E-state index contributed by atoms with van der Waals surface area (Å²) in [6.45, 7) is 2.43. The molecule has 110 valence electrons. The zero-order chi connectivity index (χ0) is 15.1. The van der Waals surface area contributed by atoms with Crippen LogP contribution >= 0.6 is 0 Å². The van der Waals surface area contributed by atoms with Crippen molar-refractivity contribution in [1.82, 2.24) is 0 Å². The van der Waals surface area contributed by atoms with Crippen LogP contribution in [0.2, 0.25) is 0 Å². The molecule has 0 aliphatic carbocycles. The van der Waals surface area contributed by atoms with Crippen molar-refractivity contribution >= 4 is 5.71 Å². The summed E-state index contributed by atoms with van der Waals surface area (Å²) in [6.07, 6.45) is 1.44. The molecule has 2 rings (SSSR count). The molecule has 2 N–H and O–H groups in total. The van der Waals surface area contributed by atoms with E-state index in [1.165, 1.54) is 0 Å². The lowest BCUT2D eigenvalue weighted by Crippen LogP contribution is -2.02. The Morgan fingerprint density at radius 2 is 1.90 bits per heavy atom. The third kappa shape index (κ3) is 3.99. The molecule has 0 bridgehead atoms. The van der Waals surface area contributed by atoms with Crippen LogP contribution in [0.1, 0.15) is 30.9 Å². The van der Waals surface area contributed by atoms with E-state index in [0.717, 1.165) is 12.0 Å². The van der Waals surface area contributed by atoms with Crippen molar-refractivity contribution in [2.75, 3.05) is 0 Å².